The molecule has 0 atom stereocenters. The lowest BCUT2D eigenvalue weighted by molar-refractivity contribution is -0.119. The summed E-state index contributed by atoms with van der Waals surface area (Å²) >= 11 is 0. The molecule has 8 heteroatoms. The third-order valence-corrected chi connectivity index (χ3v) is 6.44. The first-order chi connectivity index (χ1) is 12.9. The van der Waals surface area contributed by atoms with Crippen LogP contribution in [0.25, 0.3) is 0 Å². The highest BCUT2D eigenvalue weighted by molar-refractivity contribution is 7.89. The van der Waals surface area contributed by atoms with Crippen LogP contribution in [-0.2, 0) is 14.8 Å². The smallest absolute Gasteiger partial charge is 0.255 e. The van der Waals surface area contributed by atoms with E-state index in [2.05, 4.69) is 5.32 Å². The molecule has 27 heavy (non-hydrogen) atoms. The highest BCUT2D eigenvalue weighted by Crippen LogP contribution is 2.20. The van der Waals surface area contributed by atoms with E-state index in [9.17, 15) is 18.0 Å². The first-order valence-electron chi connectivity index (χ1n) is 8.58. The molecule has 2 aromatic rings. The van der Waals surface area contributed by atoms with Crippen LogP contribution in [0.3, 0.4) is 0 Å². The number of aryl methyl sites for hydroxylation is 1. The normalized spacial score (nSPS) is 15.4. The van der Waals surface area contributed by atoms with E-state index in [1.807, 2.05) is 25.1 Å². The van der Waals surface area contributed by atoms with Crippen molar-refractivity contribution >= 4 is 28.0 Å². The molecule has 3 rings (SSSR count). The second kappa shape index (κ2) is 7.89. The fourth-order valence-electron chi connectivity index (χ4n) is 2.90. The Balaban J connectivity index is 1.79. The third kappa shape index (κ3) is 4.17. The number of nitrogens with one attached hydrogen (secondary N) is 1. The molecule has 142 valence electrons. The van der Waals surface area contributed by atoms with Crippen molar-refractivity contribution < 1.29 is 18.0 Å². The maximum absolute atomic E-state index is 12.9. The van der Waals surface area contributed by atoms with Gasteiger partial charge < -0.3 is 10.2 Å². The number of carbonyl (C=O) groups excluding carboxylic acids is 2. The molecule has 0 bridgehead atoms. The average Bonchev–Trinajstić information content (AvgIpc) is 2.70. The van der Waals surface area contributed by atoms with Gasteiger partial charge in [-0.2, -0.15) is 4.31 Å². The predicted molar refractivity (Wildman–Crippen MR) is 102 cm³/mol. The Hall–Kier alpha value is -2.71. The number of carbonyl (C=O) groups is 2. The van der Waals surface area contributed by atoms with Gasteiger partial charge in [-0.15, -0.1) is 0 Å². The second-order valence-corrected chi connectivity index (χ2v) is 8.28. The molecular weight excluding hydrogens is 366 g/mol. The van der Waals surface area contributed by atoms with E-state index >= 15 is 0 Å². The highest BCUT2D eigenvalue weighted by atomic mass is 32.2. The molecule has 1 heterocycles. The minimum absolute atomic E-state index is 0.0690. The van der Waals surface area contributed by atoms with Crippen LogP contribution in [0.1, 0.15) is 15.9 Å². The van der Waals surface area contributed by atoms with Gasteiger partial charge >= 0.3 is 0 Å². The summed E-state index contributed by atoms with van der Waals surface area (Å²) in [6.07, 6.45) is 0.723. The number of nitrogens with zero attached hydrogens (tertiary/aromatic N) is 2. The van der Waals surface area contributed by atoms with Crippen molar-refractivity contribution in [1.82, 2.24) is 9.21 Å². The summed E-state index contributed by atoms with van der Waals surface area (Å²) in [4.78, 5) is 24.9. The fourth-order valence-corrected chi connectivity index (χ4v) is 4.37. The predicted octanol–water partition coefficient (Wildman–Crippen LogP) is 1.71. The molecule has 2 aromatic carbocycles. The van der Waals surface area contributed by atoms with Crippen molar-refractivity contribution in [1.29, 1.82) is 0 Å². The van der Waals surface area contributed by atoms with E-state index in [4.69, 9.17) is 0 Å². The van der Waals surface area contributed by atoms with Gasteiger partial charge in [0, 0.05) is 37.4 Å². The molecule has 2 amide bonds. The van der Waals surface area contributed by atoms with Crippen molar-refractivity contribution in [3.05, 3.63) is 59.7 Å². The lowest BCUT2D eigenvalue weighted by Gasteiger charge is -2.31. The van der Waals surface area contributed by atoms with Crippen molar-refractivity contribution in [3.63, 3.8) is 0 Å². The number of amides is 2. The zero-order valence-electron chi connectivity index (χ0n) is 15.0. The zero-order valence-corrected chi connectivity index (χ0v) is 15.8. The number of para-hydroxylation sites is 1. The van der Waals surface area contributed by atoms with E-state index in [1.54, 1.807) is 18.2 Å². The van der Waals surface area contributed by atoms with Crippen LogP contribution in [0.5, 0.6) is 0 Å². The van der Waals surface area contributed by atoms with Gasteiger partial charge in [0.25, 0.3) is 5.91 Å². The van der Waals surface area contributed by atoms with Gasteiger partial charge in [0.1, 0.15) is 0 Å². The van der Waals surface area contributed by atoms with Gasteiger partial charge in [-0.25, -0.2) is 8.42 Å². The van der Waals surface area contributed by atoms with E-state index < -0.39 is 10.0 Å². The van der Waals surface area contributed by atoms with Crippen LogP contribution in [0, 0.1) is 6.92 Å². The van der Waals surface area contributed by atoms with Gasteiger partial charge in [0.15, 0.2) is 0 Å². The van der Waals surface area contributed by atoms with Crippen molar-refractivity contribution in [2.24, 2.45) is 0 Å². The monoisotopic (exact) mass is 387 g/mol. The van der Waals surface area contributed by atoms with E-state index in [0.717, 1.165) is 12.0 Å². The summed E-state index contributed by atoms with van der Waals surface area (Å²) in [6, 6.07) is 13.4. The maximum atomic E-state index is 12.9. The molecule has 0 spiro atoms. The Kier molecular flexibility index (Phi) is 5.57. The molecule has 1 N–H and O–H groups in total. The Bertz CT molecular complexity index is 951. The minimum Gasteiger partial charge on any atom is -0.343 e. The van der Waals surface area contributed by atoms with Gasteiger partial charge in [-0.05, 0) is 36.8 Å². The summed E-state index contributed by atoms with van der Waals surface area (Å²) in [6.45, 7) is 3.07. The molecule has 0 radical (unpaired) electrons. The molecule has 1 fully saturated rings. The molecule has 7 nitrogen and oxygen atoms in total. The average molecular weight is 387 g/mol. The summed E-state index contributed by atoms with van der Waals surface area (Å²) in [5.41, 5.74) is 1.87. The van der Waals surface area contributed by atoms with Crippen LogP contribution >= 0.6 is 0 Å². The summed E-state index contributed by atoms with van der Waals surface area (Å²) < 4.78 is 27.1. The van der Waals surface area contributed by atoms with Gasteiger partial charge in [-0.3, -0.25) is 9.59 Å². The van der Waals surface area contributed by atoms with E-state index in [1.165, 1.54) is 21.3 Å². The molecule has 0 saturated carbocycles. The Labute approximate surface area is 158 Å². The number of sulfonamides is 1. The first-order valence-corrected chi connectivity index (χ1v) is 10.0. The Morgan fingerprint density at radius 1 is 1.04 bits per heavy atom. The molecule has 1 aliphatic rings. The lowest BCUT2D eigenvalue weighted by Crippen LogP contribution is -2.47. The molecule has 1 aliphatic heterocycles. The number of hydrogen-bond acceptors (Lipinski definition) is 4. The molecule has 0 aromatic heterocycles. The van der Waals surface area contributed by atoms with Gasteiger partial charge in [0.2, 0.25) is 16.4 Å². The number of anilines is 1. The Morgan fingerprint density at radius 2 is 1.74 bits per heavy atom. The number of hydrogen-bond donors (Lipinski definition) is 1. The zero-order chi connectivity index (χ0) is 19.4. The fraction of sp³-hybridized carbons (Fsp3) is 0.263. The van der Waals surface area contributed by atoms with Gasteiger partial charge in [-0.1, -0.05) is 24.3 Å². The number of piperazine rings is 1. The van der Waals surface area contributed by atoms with Gasteiger partial charge in [0.05, 0.1) is 4.90 Å². The number of benzene rings is 2. The maximum Gasteiger partial charge on any atom is 0.255 e. The van der Waals surface area contributed by atoms with E-state index in [-0.39, 0.29) is 29.5 Å². The minimum atomic E-state index is -3.72. The standard InChI is InChI=1S/C19H21N3O4S/c1-15-5-2-3-8-18(15)20-19(24)16-6-4-7-17(13-16)27(25,26)22-11-9-21(14-23)10-12-22/h2-8,13-14H,9-12H2,1H3,(H,20,24). The Morgan fingerprint density at radius 3 is 2.41 bits per heavy atom. The summed E-state index contributed by atoms with van der Waals surface area (Å²) in [7, 11) is -3.72. The second-order valence-electron chi connectivity index (χ2n) is 6.34. The first kappa shape index (κ1) is 19.1. The summed E-state index contributed by atoms with van der Waals surface area (Å²) in [5, 5.41) is 2.81. The quantitative estimate of drug-likeness (QED) is 0.792. The van der Waals surface area contributed by atoms with Crippen molar-refractivity contribution in [2.75, 3.05) is 31.5 Å². The topological polar surface area (TPSA) is 86.8 Å². The summed E-state index contributed by atoms with van der Waals surface area (Å²) in [5.74, 6) is -0.368. The van der Waals surface area contributed by atoms with Crippen LogP contribution in [0.2, 0.25) is 0 Å². The largest absolute Gasteiger partial charge is 0.343 e. The molecule has 0 aliphatic carbocycles. The van der Waals surface area contributed by atoms with Crippen LogP contribution < -0.4 is 5.32 Å². The number of rotatable bonds is 5. The highest BCUT2D eigenvalue weighted by Gasteiger charge is 2.28. The third-order valence-electron chi connectivity index (χ3n) is 4.55. The van der Waals surface area contributed by atoms with Crippen LogP contribution in [0.4, 0.5) is 5.69 Å². The van der Waals surface area contributed by atoms with Crippen molar-refractivity contribution in [3.8, 4) is 0 Å². The molecule has 0 unspecified atom stereocenters. The van der Waals surface area contributed by atoms with Crippen LogP contribution in [0.15, 0.2) is 53.4 Å². The van der Waals surface area contributed by atoms with Crippen LogP contribution in [-0.4, -0.2) is 56.1 Å². The SMILES string of the molecule is Cc1ccccc1NC(=O)c1cccc(S(=O)(=O)N2CCN(C=O)CC2)c1. The van der Waals surface area contributed by atoms with E-state index in [0.29, 0.717) is 18.8 Å². The van der Waals surface area contributed by atoms with Crippen molar-refractivity contribution in [2.45, 2.75) is 11.8 Å². The lowest BCUT2D eigenvalue weighted by atomic mass is 10.1. The molecule has 1 saturated heterocycles. The molecular formula is C19H21N3O4S.